The fourth-order valence-corrected chi connectivity index (χ4v) is 5.23. The summed E-state index contributed by atoms with van der Waals surface area (Å²) in [5.74, 6) is 2.10. The molecule has 1 aliphatic carbocycles. The van der Waals surface area contributed by atoms with Crippen LogP contribution in [0.2, 0.25) is 0 Å². The third-order valence-corrected chi connectivity index (χ3v) is 6.36. The Labute approximate surface area is 132 Å². The van der Waals surface area contributed by atoms with Crippen LogP contribution in [0.15, 0.2) is 17.8 Å². The Balaban J connectivity index is 1.57. The van der Waals surface area contributed by atoms with Gasteiger partial charge < -0.3 is 0 Å². The topological polar surface area (TPSA) is 47.8 Å². The summed E-state index contributed by atoms with van der Waals surface area (Å²) in [5.41, 5.74) is 1.99. The van der Waals surface area contributed by atoms with Gasteiger partial charge in [0.05, 0.1) is 17.6 Å². The predicted molar refractivity (Wildman–Crippen MR) is 87.6 cm³/mol. The van der Waals surface area contributed by atoms with Crippen molar-refractivity contribution in [1.29, 1.82) is 0 Å². The second-order valence-electron chi connectivity index (χ2n) is 5.80. The number of aromatic nitrogens is 3. The van der Waals surface area contributed by atoms with E-state index in [-0.39, 0.29) is 0 Å². The van der Waals surface area contributed by atoms with Gasteiger partial charge in [0.2, 0.25) is 0 Å². The maximum Gasteiger partial charge on any atom is 0.126 e. The third-order valence-electron chi connectivity index (χ3n) is 3.96. The average molecular weight is 323 g/mol. The van der Waals surface area contributed by atoms with E-state index in [1.807, 2.05) is 24.8 Å². The van der Waals surface area contributed by atoms with Crippen LogP contribution in [0.5, 0.6) is 0 Å². The molecule has 6 heteroatoms. The average Bonchev–Trinajstić information content (AvgIpc) is 3.09. The zero-order valence-corrected chi connectivity index (χ0v) is 14.0. The molecule has 1 aliphatic rings. The Kier molecular flexibility index (Phi) is 4.85. The van der Waals surface area contributed by atoms with E-state index in [0.29, 0.717) is 11.7 Å². The van der Waals surface area contributed by atoms with Gasteiger partial charge in [-0.05, 0) is 18.8 Å². The predicted octanol–water partition coefficient (Wildman–Crippen LogP) is 3.37. The highest BCUT2D eigenvalue weighted by atomic mass is 32.2. The molecular formula is C15H21N3OS2. The lowest BCUT2D eigenvalue weighted by Crippen LogP contribution is -2.15. The Hall–Kier alpha value is -1.01. The van der Waals surface area contributed by atoms with Crippen LogP contribution in [0, 0.1) is 5.92 Å². The molecule has 4 nitrogen and oxygen atoms in total. The van der Waals surface area contributed by atoms with Crippen molar-refractivity contribution in [2.45, 2.75) is 37.9 Å². The van der Waals surface area contributed by atoms with E-state index in [2.05, 4.69) is 10.1 Å². The fourth-order valence-electron chi connectivity index (χ4n) is 2.88. The second-order valence-corrected chi connectivity index (χ2v) is 8.16. The highest BCUT2D eigenvalue weighted by Crippen LogP contribution is 2.26. The van der Waals surface area contributed by atoms with Gasteiger partial charge in [-0.25, -0.2) is 4.98 Å². The van der Waals surface area contributed by atoms with Gasteiger partial charge in [0.1, 0.15) is 5.01 Å². The molecule has 0 spiro atoms. The number of thiazole rings is 1. The van der Waals surface area contributed by atoms with Crippen LogP contribution < -0.4 is 0 Å². The van der Waals surface area contributed by atoms with Crippen LogP contribution in [0.3, 0.4) is 0 Å². The van der Waals surface area contributed by atoms with E-state index < -0.39 is 10.8 Å². The lowest BCUT2D eigenvalue weighted by atomic mass is 9.91. The van der Waals surface area contributed by atoms with Crippen molar-refractivity contribution in [2.24, 2.45) is 13.0 Å². The zero-order valence-electron chi connectivity index (χ0n) is 12.3. The van der Waals surface area contributed by atoms with Crippen molar-refractivity contribution in [3.63, 3.8) is 0 Å². The summed E-state index contributed by atoms with van der Waals surface area (Å²) in [7, 11) is 1.12. The van der Waals surface area contributed by atoms with Crippen LogP contribution in [-0.4, -0.2) is 24.7 Å². The number of aryl methyl sites for hydroxylation is 1. The van der Waals surface area contributed by atoms with E-state index in [1.54, 1.807) is 16.0 Å². The molecule has 0 aliphatic heterocycles. The standard InChI is InChI=1S/C15H21N3OS2/c1-18-8-13(7-16-18)15-17-14(9-20-15)11-21(19)10-12-5-3-2-4-6-12/h7-9,12H,2-6,10-11H2,1H3. The lowest BCUT2D eigenvalue weighted by Gasteiger charge is -2.20. The third kappa shape index (κ3) is 4.01. The number of rotatable bonds is 5. The molecular weight excluding hydrogens is 302 g/mol. The molecule has 0 aromatic carbocycles. The van der Waals surface area contributed by atoms with Crippen molar-refractivity contribution in [1.82, 2.24) is 14.8 Å². The van der Waals surface area contributed by atoms with Crippen LogP contribution in [-0.2, 0) is 23.6 Å². The van der Waals surface area contributed by atoms with Gasteiger partial charge in [0.25, 0.3) is 0 Å². The van der Waals surface area contributed by atoms with Crippen LogP contribution in [0.1, 0.15) is 37.8 Å². The first-order chi connectivity index (χ1) is 10.2. The molecule has 1 saturated carbocycles. The van der Waals surface area contributed by atoms with Crippen LogP contribution in [0.25, 0.3) is 10.6 Å². The Morgan fingerprint density at radius 1 is 1.38 bits per heavy atom. The van der Waals surface area contributed by atoms with Gasteiger partial charge in [0, 0.05) is 40.7 Å². The Morgan fingerprint density at radius 2 is 2.19 bits per heavy atom. The molecule has 114 valence electrons. The second kappa shape index (κ2) is 6.83. The SMILES string of the molecule is Cn1cc(-c2nc(CS(=O)CC3CCCCC3)cs2)cn1. The Morgan fingerprint density at radius 3 is 2.90 bits per heavy atom. The van der Waals surface area contributed by atoms with E-state index in [4.69, 9.17) is 0 Å². The summed E-state index contributed by atoms with van der Waals surface area (Å²) in [6.45, 7) is 0. The van der Waals surface area contributed by atoms with Gasteiger partial charge in [-0.15, -0.1) is 11.3 Å². The highest BCUT2D eigenvalue weighted by Gasteiger charge is 2.17. The van der Waals surface area contributed by atoms with Gasteiger partial charge in [-0.2, -0.15) is 5.10 Å². The molecule has 3 rings (SSSR count). The minimum atomic E-state index is -0.783. The molecule has 2 heterocycles. The minimum absolute atomic E-state index is 0.591. The summed E-state index contributed by atoms with van der Waals surface area (Å²) in [6, 6.07) is 0. The largest absolute Gasteiger partial charge is 0.275 e. The van der Waals surface area contributed by atoms with Gasteiger partial charge in [-0.1, -0.05) is 19.3 Å². The van der Waals surface area contributed by atoms with Gasteiger partial charge >= 0.3 is 0 Å². The van der Waals surface area contributed by atoms with Gasteiger partial charge in [-0.3, -0.25) is 8.89 Å². The first kappa shape index (κ1) is 14.9. The molecule has 0 bridgehead atoms. The van der Waals surface area contributed by atoms with Crippen molar-refractivity contribution in [2.75, 3.05) is 5.75 Å². The van der Waals surface area contributed by atoms with E-state index >= 15 is 0 Å². The quantitative estimate of drug-likeness (QED) is 0.847. The van der Waals surface area contributed by atoms with Crippen molar-refractivity contribution in [3.05, 3.63) is 23.5 Å². The molecule has 1 fully saturated rings. The first-order valence-corrected chi connectivity index (χ1v) is 9.86. The normalized spacial score (nSPS) is 18.0. The zero-order chi connectivity index (χ0) is 14.7. The maximum absolute atomic E-state index is 12.3. The maximum atomic E-state index is 12.3. The summed E-state index contributed by atoms with van der Waals surface area (Å²) >= 11 is 1.61. The monoisotopic (exact) mass is 323 g/mol. The Bertz CT molecular complexity index is 614. The van der Waals surface area contributed by atoms with Crippen molar-refractivity contribution >= 4 is 22.1 Å². The molecule has 0 radical (unpaired) electrons. The number of hydrogen-bond acceptors (Lipinski definition) is 4. The van der Waals surface area contributed by atoms with Crippen molar-refractivity contribution in [3.8, 4) is 10.6 Å². The minimum Gasteiger partial charge on any atom is -0.275 e. The molecule has 0 amide bonds. The summed E-state index contributed by atoms with van der Waals surface area (Å²) in [6.07, 6.45) is 10.3. The molecule has 2 aromatic heterocycles. The first-order valence-electron chi connectivity index (χ1n) is 7.49. The molecule has 1 atom stereocenters. The summed E-state index contributed by atoms with van der Waals surface area (Å²) in [4.78, 5) is 4.60. The molecule has 0 N–H and O–H groups in total. The highest BCUT2D eigenvalue weighted by molar-refractivity contribution is 7.84. The van der Waals surface area contributed by atoms with E-state index in [1.165, 1.54) is 32.1 Å². The molecule has 21 heavy (non-hydrogen) atoms. The summed E-state index contributed by atoms with van der Waals surface area (Å²) in [5, 5.41) is 7.16. The van der Waals surface area contributed by atoms with E-state index in [0.717, 1.165) is 22.0 Å². The number of hydrogen-bond donors (Lipinski definition) is 0. The molecule has 2 aromatic rings. The van der Waals surface area contributed by atoms with E-state index in [9.17, 15) is 4.21 Å². The molecule has 0 saturated heterocycles. The molecule has 1 unspecified atom stereocenters. The van der Waals surface area contributed by atoms with Crippen LogP contribution in [0.4, 0.5) is 0 Å². The number of nitrogens with zero attached hydrogens (tertiary/aromatic N) is 3. The van der Waals surface area contributed by atoms with Crippen LogP contribution >= 0.6 is 11.3 Å². The fraction of sp³-hybridized carbons (Fsp3) is 0.600. The van der Waals surface area contributed by atoms with Crippen molar-refractivity contribution < 1.29 is 4.21 Å². The van der Waals surface area contributed by atoms with Gasteiger partial charge in [0.15, 0.2) is 0 Å². The summed E-state index contributed by atoms with van der Waals surface area (Å²) < 4.78 is 14.1. The smallest absolute Gasteiger partial charge is 0.126 e. The lowest BCUT2D eigenvalue weighted by molar-refractivity contribution is 0.388.